The van der Waals surface area contributed by atoms with E-state index in [0.717, 1.165) is 25.2 Å². The lowest BCUT2D eigenvalue weighted by Crippen LogP contribution is -2.13. The second-order valence-electron chi connectivity index (χ2n) is 5.15. The largest absolute Gasteiger partial charge is 0.494 e. The van der Waals surface area contributed by atoms with E-state index in [0.29, 0.717) is 12.5 Å². The van der Waals surface area contributed by atoms with Crippen LogP contribution in [0, 0.1) is 6.92 Å². The van der Waals surface area contributed by atoms with Gasteiger partial charge in [0.1, 0.15) is 5.75 Å². The lowest BCUT2D eigenvalue weighted by atomic mass is 9.95. The van der Waals surface area contributed by atoms with Crippen LogP contribution in [0.2, 0.25) is 0 Å². The zero-order valence-electron chi connectivity index (χ0n) is 12.1. The first-order valence-electron chi connectivity index (χ1n) is 7.24. The first kappa shape index (κ1) is 14.6. The summed E-state index contributed by atoms with van der Waals surface area (Å²) < 4.78 is 5.75. The molecule has 0 aromatic heterocycles. The highest BCUT2D eigenvalue weighted by atomic mass is 16.5. The van der Waals surface area contributed by atoms with Crippen molar-refractivity contribution in [3.05, 3.63) is 65.7 Å². The van der Waals surface area contributed by atoms with Crippen molar-refractivity contribution in [2.24, 2.45) is 5.73 Å². The number of aryl methyl sites for hydroxylation is 1. The molecule has 106 valence electrons. The van der Waals surface area contributed by atoms with E-state index in [1.165, 1.54) is 11.1 Å². The Bertz CT molecular complexity index is 493. The Morgan fingerprint density at radius 1 is 1.00 bits per heavy atom. The zero-order valence-corrected chi connectivity index (χ0v) is 12.1. The predicted octanol–water partition coefficient (Wildman–Crippen LogP) is 3.90. The molecule has 0 saturated heterocycles. The van der Waals surface area contributed by atoms with Gasteiger partial charge < -0.3 is 10.5 Å². The number of hydrogen-bond donors (Lipinski definition) is 1. The molecule has 1 unspecified atom stereocenters. The smallest absolute Gasteiger partial charge is 0.119 e. The van der Waals surface area contributed by atoms with Crippen LogP contribution in [0.3, 0.4) is 0 Å². The molecule has 2 heteroatoms. The summed E-state index contributed by atoms with van der Waals surface area (Å²) in [5.41, 5.74) is 8.45. The Kier molecular flexibility index (Phi) is 5.63. The van der Waals surface area contributed by atoms with Gasteiger partial charge in [-0.25, -0.2) is 0 Å². The Balaban J connectivity index is 1.76. The van der Waals surface area contributed by atoms with Crippen LogP contribution in [0.1, 0.15) is 29.9 Å². The molecule has 1 atom stereocenters. The highest BCUT2D eigenvalue weighted by Crippen LogP contribution is 2.20. The van der Waals surface area contributed by atoms with Crippen LogP contribution in [0.5, 0.6) is 5.75 Å². The minimum Gasteiger partial charge on any atom is -0.494 e. The second-order valence-corrected chi connectivity index (χ2v) is 5.15. The summed E-state index contributed by atoms with van der Waals surface area (Å²) in [5, 5.41) is 0. The number of ether oxygens (including phenoxy) is 1. The predicted molar refractivity (Wildman–Crippen MR) is 84.1 cm³/mol. The maximum atomic E-state index is 5.87. The van der Waals surface area contributed by atoms with Gasteiger partial charge in [-0.15, -0.1) is 0 Å². The standard InChI is InChI=1S/C18H23NO/c1-15-9-11-18(12-10-15)20-13-5-8-17(14-19)16-6-3-2-4-7-16/h2-4,6-7,9-12,17H,5,8,13-14,19H2,1H3. The molecule has 0 aliphatic heterocycles. The summed E-state index contributed by atoms with van der Waals surface area (Å²) in [7, 11) is 0. The van der Waals surface area contributed by atoms with Crippen LogP contribution in [0.4, 0.5) is 0 Å². The van der Waals surface area contributed by atoms with Gasteiger partial charge in [0, 0.05) is 0 Å². The quantitative estimate of drug-likeness (QED) is 0.774. The van der Waals surface area contributed by atoms with Gasteiger partial charge in [-0.2, -0.15) is 0 Å². The SMILES string of the molecule is Cc1ccc(OCCCC(CN)c2ccccc2)cc1. The highest BCUT2D eigenvalue weighted by molar-refractivity contribution is 5.26. The van der Waals surface area contributed by atoms with E-state index in [1.807, 2.05) is 18.2 Å². The molecule has 2 N–H and O–H groups in total. The van der Waals surface area contributed by atoms with Gasteiger partial charge in [0.25, 0.3) is 0 Å². The lowest BCUT2D eigenvalue weighted by molar-refractivity contribution is 0.301. The number of nitrogens with two attached hydrogens (primary N) is 1. The number of hydrogen-bond acceptors (Lipinski definition) is 2. The molecule has 0 aliphatic carbocycles. The van der Waals surface area contributed by atoms with E-state index >= 15 is 0 Å². The molecule has 0 amide bonds. The third kappa shape index (κ3) is 4.39. The molecule has 2 aromatic carbocycles. The fourth-order valence-corrected chi connectivity index (χ4v) is 2.30. The van der Waals surface area contributed by atoms with Gasteiger partial charge in [-0.1, -0.05) is 48.0 Å². The first-order chi connectivity index (χ1) is 9.79. The van der Waals surface area contributed by atoms with Gasteiger partial charge in [0.15, 0.2) is 0 Å². The second kappa shape index (κ2) is 7.71. The van der Waals surface area contributed by atoms with Crippen molar-refractivity contribution >= 4 is 0 Å². The summed E-state index contributed by atoms with van der Waals surface area (Å²) >= 11 is 0. The van der Waals surface area contributed by atoms with Crippen molar-refractivity contribution in [3.63, 3.8) is 0 Å². The van der Waals surface area contributed by atoms with Gasteiger partial charge in [-0.3, -0.25) is 0 Å². The molecule has 0 aliphatic rings. The molecule has 20 heavy (non-hydrogen) atoms. The van der Waals surface area contributed by atoms with Gasteiger partial charge in [-0.05, 0) is 49.9 Å². The van der Waals surface area contributed by atoms with Crippen molar-refractivity contribution in [3.8, 4) is 5.75 Å². The van der Waals surface area contributed by atoms with Crippen LogP contribution in [-0.4, -0.2) is 13.2 Å². The molecule has 2 rings (SSSR count). The zero-order chi connectivity index (χ0) is 14.2. The molecule has 0 radical (unpaired) electrons. The first-order valence-corrected chi connectivity index (χ1v) is 7.24. The Labute approximate surface area is 121 Å². The van der Waals surface area contributed by atoms with Crippen molar-refractivity contribution < 1.29 is 4.74 Å². The van der Waals surface area contributed by atoms with E-state index < -0.39 is 0 Å². The molecule has 0 spiro atoms. The summed E-state index contributed by atoms with van der Waals surface area (Å²) in [4.78, 5) is 0. The van der Waals surface area contributed by atoms with Crippen molar-refractivity contribution in [2.45, 2.75) is 25.7 Å². The number of rotatable bonds is 7. The Hall–Kier alpha value is -1.80. The number of benzene rings is 2. The monoisotopic (exact) mass is 269 g/mol. The molecular weight excluding hydrogens is 246 g/mol. The lowest BCUT2D eigenvalue weighted by Gasteiger charge is -2.15. The Morgan fingerprint density at radius 3 is 2.35 bits per heavy atom. The van der Waals surface area contributed by atoms with E-state index in [-0.39, 0.29) is 0 Å². The summed E-state index contributed by atoms with van der Waals surface area (Å²) in [6, 6.07) is 18.7. The third-order valence-electron chi connectivity index (χ3n) is 3.54. The Morgan fingerprint density at radius 2 is 1.70 bits per heavy atom. The van der Waals surface area contributed by atoms with Crippen LogP contribution in [0.25, 0.3) is 0 Å². The summed E-state index contributed by atoms with van der Waals surface area (Å²) in [5.74, 6) is 1.37. The molecule has 0 bridgehead atoms. The fourth-order valence-electron chi connectivity index (χ4n) is 2.30. The van der Waals surface area contributed by atoms with Gasteiger partial charge >= 0.3 is 0 Å². The minimum absolute atomic E-state index is 0.429. The molecule has 0 fully saturated rings. The summed E-state index contributed by atoms with van der Waals surface area (Å²) in [6.07, 6.45) is 2.08. The maximum Gasteiger partial charge on any atom is 0.119 e. The van der Waals surface area contributed by atoms with E-state index in [1.54, 1.807) is 0 Å². The third-order valence-corrected chi connectivity index (χ3v) is 3.54. The molecule has 0 saturated carbocycles. The molecule has 0 heterocycles. The maximum absolute atomic E-state index is 5.87. The molecular formula is C18H23NO. The fraction of sp³-hybridized carbons (Fsp3) is 0.333. The van der Waals surface area contributed by atoms with Gasteiger partial charge in [0.2, 0.25) is 0 Å². The van der Waals surface area contributed by atoms with Crippen molar-refractivity contribution in [1.82, 2.24) is 0 Å². The van der Waals surface area contributed by atoms with E-state index in [9.17, 15) is 0 Å². The van der Waals surface area contributed by atoms with Crippen molar-refractivity contribution in [1.29, 1.82) is 0 Å². The van der Waals surface area contributed by atoms with Crippen molar-refractivity contribution in [2.75, 3.05) is 13.2 Å². The average Bonchev–Trinajstić information content (AvgIpc) is 2.50. The van der Waals surface area contributed by atoms with Crippen LogP contribution in [-0.2, 0) is 0 Å². The van der Waals surface area contributed by atoms with Crippen LogP contribution >= 0.6 is 0 Å². The average molecular weight is 269 g/mol. The van der Waals surface area contributed by atoms with Crippen LogP contribution in [0.15, 0.2) is 54.6 Å². The van der Waals surface area contributed by atoms with Gasteiger partial charge in [0.05, 0.1) is 6.61 Å². The minimum atomic E-state index is 0.429. The topological polar surface area (TPSA) is 35.2 Å². The normalized spacial score (nSPS) is 12.1. The van der Waals surface area contributed by atoms with E-state index in [4.69, 9.17) is 10.5 Å². The van der Waals surface area contributed by atoms with E-state index in [2.05, 4.69) is 43.3 Å². The molecule has 2 aromatic rings. The van der Waals surface area contributed by atoms with Crippen LogP contribution < -0.4 is 10.5 Å². The molecule has 2 nitrogen and oxygen atoms in total. The highest BCUT2D eigenvalue weighted by Gasteiger charge is 2.08. The summed E-state index contributed by atoms with van der Waals surface area (Å²) in [6.45, 7) is 3.51.